The van der Waals surface area contributed by atoms with Gasteiger partial charge < -0.3 is 25.6 Å². The van der Waals surface area contributed by atoms with Crippen molar-refractivity contribution < 1.29 is 24.2 Å². The monoisotopic (exact) mass is 409 g/mol. The highest BCUT2D eigenvalue weighted by Crippen LogP contribution is 2.37. The highest BCUT2D eigenvalue weighted by Gasteiger charge is 2.37. The van der Waals surface area contributed by atoms with Crippen LogP contribution in [0.1, 0.15) is 20.3 Å². The van der Waals surface area contributed by atoms with Crippen LogP contribution in [-0.2, 0) is 19.1 Å². The summed E-state index contributed by atoms with van der Waals surface area (Å²) in [6, 6.07) is -1.02. The van der Waals surface area contributed by atoms with Crippen LogP contribution in [0.25, 0.3) is 10.4 Å². The number of hydrogen-bond donors (Lipinski definition) is 3. The van der Waals surface area contributed by atoms with Crippen LogP contribution in [0, 0.1) is 0 Å². The molecule has 26 heavy (non-hydrogen) atoms. The molecule has 0 aromatic heterocycles. The Morgan fingerprint density at radius 3 is 2.54 bits per heavy atom. The molecule has 0 rings (SSSR count). The molecule has 10 nitrogen and oxygen atoms in total. The number of amides is 1. The van der Waals surface area contributed by atoms with Crippen molar-refractivity contribution in [1.82, 2.24) is 5.32 Å². The lowest BCUT2D eigenvalue weighted by molar-refractivity contribution is -0.142. The van der Waals surface area contributed by atoms with Crippen LogP contribution in [0.5, 0.6) is 0 Å². The average Bonchev–Trinajstić information content (AvgIpc) is 2.58. The number of carboxylic acid groups (broad SMARTS) is 1. The quantitative estimate of drug-likeness (QED) is 0.113. The van der Waals surface area contributed by atoms with Gasteiger partial charge in [-0.1, -0.05) is 26.7 Å². The summed E-state index contributed by atoms with van der Waals surface area (Å²) in [6.45, 7) is 5.38. The zero-order valence-corrected chi connectivity index (χ0v) is 16.7. The van der Waals surface area contributed by atoms with Gasteiger partial charge in [-0.2, -0.15) is 0 Å². The van der Waals surface area contributed by atoms with E-state index in [0.29, 0.717) is 32.1 Å². The van der Waals surface area contributed by atoms with Gasteiger partial charge in [-0.3, -0.25) is 4.79 Å². The molecule has 0 fully saturated rings. The van der Waals surface area contributed by atoms with Crippen LogP contribution < -0.4 is 11.1 Å². The number of hydrogen-bond acceptors (Lipinski definition) is 8. The summed E-state index contributed by atoms with van der Waals surface area (Å²) in [6.07, 6.45) is 0.0548. The molecule has 0 aliphatic rings. The molecule has 0 radical (unpaired) electrons. The molecule has 1 atom stereocenters. The Hall–Kier alpha value is -1.17. The van der Waals surface area contributed by atoms with E-state index in [9.17, 15) is 14.7 Å². The van der Waals surface area contributed by atoms with E-state index >= 15 is 0 Å². The first kappa shape index (κ1) is 24.8. The van der Waals surface area contributed by atoms with Crippen LogP contribution in [0.15, 0.2) is 5.11 Å². The molecule has 0 heterocycles. The number of carboxylic acids is 1. The summed E-state index contributed by atoms with van der Waals surface area (Å²) in [5.74, 6) is -0.773. The SMILES string of the molecule is CC(C)(SSCCN)C(NC(=O)CCOCCOCCN=[N+]=[N-])C(=O)O. The summed E-state index contributed by atoms with van der Waals surface area (Å²) in [4.78, 5) is 26.1. The molecule has 0 aromatic rings. The molecule has 0 spiro atoms. The van der Waals surface area contributed by atoms with E-state index in [4.69, 9.17) is 20.7 Å². The van der Waals surface area contributed by atoms with Crippen molar-refractivity contribution in [3.05, 3.63) is 10.4 Å². The van der Waals surface area contributed by atoms with Gasteiger partial charge in [0, 0.05) is 30.2 Å². The molecule has 0 aliphatic heterocycles. The van der Waals surface area contributed by atoms with Crippen LogP contribution in [0.3, 0.4) is 0 Å². The van der Waals surface area contributed by atoms with Crippen LogP contribution in [0.4, 0.5) is 0 Å². The molecular weight excluding hydrogens is 382 g/mol. The number of nitrogens with two attached hydrogens (primary N) is 1. The van der Waals surface area contributed by atoms with E-state index < -0.39 is 16.8 Å². The molecule has 0 saturated heterocycles. The Kier molecular flexibility index (Phi) is 14.3. The number of carbonyl (C=O) groups excluding carboxylic acids is 1. The zero-order chi connectivity index (χ0) is 19.8. The van der Waals surface area contributed by atoms with E-state index in [0.717, 1.165) is 0 Å². The van der Waals surface area contributed by atoms with Gasteiger partial charge in [-0.15, -0.1) is 0 Å². The summed E-state index contributed by atoms with van der Waals surface area (Å²) in [7, 11) is 2.87. The fourth-order valence-corrected chi connectivity index (χ4v) is 4.17. The normalized spacial score (nSPS) is 12.3. The van der Waals surface area contributed by atoms with Gasteiger partial charge in [-0.25, -0.2) is 4.79 Å². The minimum absolute atomic E-state index is 0.0548. The molecule has 1 unspecified atom stereocenters. The Labute approximate surface area is 160 Å². The fourth-order valence-electron chi connectivity index (χ4n) is 1.69. The fraction of sp³-hybridized carbons (Fsp3) is 0.857. The van der Waals surface area contributed by atoms with Crippen LogP contribution >= 0.6 is 21.6 Å². The summed E-state index contributed by atoms with van der Waals surface area (Å²) in [5.41, 5.74) is 13.5. The number of azide groups is 1. The lowest BCUT2D eigenvalue weighted by atomic mass is 10.0. The van der Waals surface area contributed by atoms with Gasteiger partial charge in [0.2, 0.25) is 5.91 Å². The van der Waals surface area contributed by atoms with Gasteiger partial charge in [0.1, 0.15) is 6.04 Å². The summed E-state index contributed by atoms with van der Waals surface area (Å²) >= 11 is 0. The largest absolute Gasteiger partial charge is 0.480 e. The maximum atomic E-state index is 12.0. The number of nitrogens with zero attached hydrogens (tertiary/aromatic N) is 3. The maximum absolute atomic E-state index is 12.0. The molecule has 12 heteroatoms. The number of carbonyl (C=O) groups is 2. The minimum atomic E-state index is -1.08. The maximum Gasteiger partial charge on any atom is 0.327 e. The number of ether oxygens (including phenoxy) is 2. The standard InChI is InChI=1S/C14H27N5O5S2/c1-14(2,26-25-10-4-15)12(13(21)22)18-11(20)3-6-23-8-9-24-7-5-17-19-16/h12H,3-10,15H2,1-2H3,(H,18,20)(H,21,22). The van der Waals surface area contributed by atoms with Crippen molar-refractivity contribution in [2.24, 2.45) is 10.8 Å². The average molecular weight is 410 g/mol. The lowest BCUT2D eigenvalue weighted by Gasteiger charge is -2.30. The van der Waals surface area contributed by atoms with E-state index in [-0.39, 0.29) is 25.5 Å². The highest BCUT2D eigenvalue weighted by atomic mass is 33.1. The second-order valence-electron chi connectivity index (χ2n) is 5.57. The van der Waals surface area contributed by atoms with Gasteiger partial charge in [-0.05, 0) is 19.4 Å². The molecule has 150 valence electrons. The van der Waals surface area contributed by atoms with Gasteiger partial charge in [0.15, 0.2) is 0 Å². The van der Waals surface area contributed by atoms with Crippen molar-refractivity contribution in [2.45, 2.75) is 31.1 Å². The smallest absolute Gasteiger partial charge is 0.327 e. The first-order valence-corrected chi connectivity index (χ1v) is 10.4. The van der Waals surface area contributed by atoms with Gasteiger partial charge >= 0.3 is 5.97 Å². The van der Waals surface area contributed by atoms with Crippen molar-refractivity contribution in [3.63, 3.8) is 0 Å². The first-order chi connectivity index (χ1) is 12.3. The molecule has 0 aromatic carbocycles. The highest BCUT2D eigenvalue weighted by molar-refractivity contribution is 8.77. The lowest BCUT2D eigenvalue weighted by Crippen LogP contribution is -2.52. The molecule has 0 bridgehead atoms. The number of aliphatic carboxylic acids is 1. The molecule has 0 aliphatic carbocycles. The third kappa shape index (κ3) is 12.2. The molecule has 0 saturated carbocycles. The Bertz CT molecular complexity index is 475. The van der Waals surface area contributed by atoms with Crippen LogP contribution in [-0.4, -0.2) is 73.0 Å². The zero-order valence-electron chi connectivity index (χ0n) is 15.0. The minimum Gasteiger partial charge on any atom is -0.480 e. The summed E-state index contributed by atoms with van der Waals surface area (Å²) < 4.78 is 9.71. The summed E-state index contributed by atoms with van der Waals surface area (Å²) in [5, 5.41) is 15.3. The number of rotatable bonds is 16. The number of nitrogens with one attached hydrogen (secondary N) is 1. The Morgan fingerprint density at radius 2 is 1.96 bits per heavy atom. The second kappa shape index (κ2) is 14.9. The molecule has 4 N–H and O–H groups in total. The van der Waals surface area contributed by atoms with Crippen molar-refractivity contribution in [1.29, 1.82) is 0 Å². The van der Waals surface area contributed by atoms with Crippen molar-refractivity contribution >= 4 is 33.5 Å². The van der Waals surface area contributed by atoms with Crippen molar-refractivity contribution in [2.75, 3.05) is 45.3 Å². The van der Waals surface area contributed by atoms with Gasteiger partial charge in [0.05, 0.1) is 31.2 Å². The Morgan fingerprint density at radius 1 is 1.31 bits per heavy atom. The second-order valence-corrected chi connectivity index (χ2v) is 8.64. The van der Waals surface area contributed by atoms with E-state index in [1.165, 1.54) is 21.6 Å². The molecule has 1 amide bonds. The first-order valence-electron chi connectivity index (χ1n) is 8.04. The Balaban J connectivity index is 4.08. The van der Waals surface area contributed by atoms with Gasteiger partial charge in [0.25, 0.3) is 0 Å². The van der Waals surface area contributed by atoms with E-state index in [2.05, 4.69) is 15.3 Å². The third-order valence-corrected chi connectivity index (χ3v) is 6.29. The predicted octanol–water partition coefficient (Wildman–Crippen LogP) is 1.41. The van der Waals surface area contributed by atoms with E-state index in [1.807, 2.05) is 0 Å². The third-order valence-electron chi connectivity index (χ3n) is 2.97. The van der Waals surface area contributed by atoms with Crippen LogP contribution in [0.2, 0.25) is 0 Å². The predicted molar refractivity (Wildman–Crippen MR) is 103 cm³/mol. The topological polar surface area (TPSA) is 160 Å². The van der Waals surface area contributed by atoms with Crippen molar-refractivity contribution in [3.8, 4) is 0 Å². The van der Waals surface area contributed by atoms with E-state index in [1.54, 1.807) is 13.8 Å². The molecular formula is C14H27N5O5S2.